The molecule has 2 rings (SSSR count). The molecule has 4 N–H and O–H groups in total. The minimum Gasteiger partial charge on any atom is -0.477 e. The van der Waals surface area contributed by atoms with Crippen LogP contribution in [0, 0.1) is 0 Å². The minimum absolute atomic E-state index is 0.216. The molecule has 0 aliphatic carbocycles. The van der Waals surface area contributed by atoms with Crippen molar-refractivity contribution in [2.45, 2.75) is 70.2 Å². The lowest BCUT2D eigenvalue weighted by Crippen LogP contribution is -2.37. The molecule has 0 amide bonds. The summed E-state index contributed by atoms with van der Waals surface area (Å²) in [5.41, 5.74) is 2.41. The van der Waals surface area contributed by atoms with E-state index in [0.717, 1.165) is 41.4 Å². The van der Waals surface area contributed by atoms with Crippen molar-refractivity contribution in [3.8, 4) is 0 Å². The summed E-state index contributed by atoms with van der Waals surface area (Å²) in [5.74, 6) is -4.30. The van der Waals surface area contributed by atoms with Gasteiger partial charge in [-0.05, 0) is 43.9 Å². The van der Waals surface area contributed by atoms with E-state index in [0.29, 0.717) is 25.7 Å². The number of aliphatic carboxylic acids is 1. The SMILES string of the molecule is CCCCCC(O)c1cc2ccccc2nc1/C=C/CCCCC(O)(O)C(=O)O. The van der Waals surface area contributed by atoms with Gasteiger partial charge in [-0.2, -0.15) is 0 Å². The van der Waals surface area contributed by atoms with E-state index in [9.17, 15) is 20.1 Å². The lowest BCUT2D eigenvalue weighted by atomic mass is 9.99. The number of rotatable bonds is 12. The maximum absolute atomic E-state index is 10.7. The monoisotopic (exact) mass is 401 g/mol. The fraction of sp³-hybridized carbons (Fsp3) is 0.478. The second kappa shape index (κ2) is 11.0. The second-order valence-electron chi connectivity index (χ2n) is 7.44. The van der Waals surface area contributed by atoms with Crippen LogP contribution in [0.4, 0.5) is 0 Å². The second-order valence-corrected chi connectivity index (χ2v) is 7.44. The molecule has 29 heavy (non-hydrogen) atoms. The molecular weight excluding hydrogens is 370 g/mol. The zero-order valence-corrected chi connectivity index (χ0v) is 16.9. The number of carboxylic acids is 1. The number of fused-ring (bicyclic) bond motifs is 1. The van der Waals surface area contributed by atoms with E-state index < -0.39 is 17.9 Å². The highest BCUT2D eigenvalue weighted by Gasteiger charge is 2.31. The molecule has 1 heterocycles. The van der Waals surface area contributed by atoms with Crippen molar-refractivity contribution in [2.75, 3.05) is 0 Å². The van der Waals surface area contributed by atoms with E-state index in [-0.39, 0.29) is 6.42 Å². The highest BCUT2D eigenvalue weighted by Crippen LogP contribution is 2.27. The highest BCUT2D eigenvalue weighted by atomic mass is 16.5. The van der Waals surface area contributed by atoms with Crippen LogP contribution < -0.4 is 0 Å². The van der Waals surface area contributed by atoms with Gasteiger partial charge in [-0.1, -0.05) is 50.5 Å². The zero-order chi connectivity index (χ0) is 21.3. The maximum atomic E-state index is 10.7. The molecule has 158 valence electrons. The third kappa shape index (κ3) is 6.92. The van der Waals surface area contributed by atoms with Gasteiger partial charge >= 0.3 is 5.97 Å². The summed E-state index contributed by atoms with van der Waals surface area (Å²) in [6.07, 6.45) is 8.50. The number of unbranched alkanes of at least 4 members (excludes halogenated alkanes) is 4. The first-order valence-electron chi connectivity index (χ1n) is 10.3. The molecule has 6 nitrogen and oxygen atoms in total. The Kier molecular flexibility index (Phi) is 8.76. The van der Waals surface area contributed by atoms with Crippen molar-refractivity contribution >= 4 is 22.9 Å². The van der Waals surface area contributed by atoms with Crippen LogP contribution in [-0.4, -0.2) is 37.2 Å². The summed E-state index contributed by atoms with van der Waals surface area (Å²) in [5, 5.41) is 39.0. The molecule has 1 atom stereocenters. The third-order valence-corrected chi connectivity index (χ3v) is 4.99. The standard InChI is InChI=1S/C23H31NO5/c1-2-3-6-14-21(25)18-16-17-11-8-9-12-19(17)24-20(18)13-7-4-5-10-15-23(28,29)22(26)27/h7-9,11-13,16,21,25,28-29H,2-6,10,14-15H2,1H3,(H,26,27)/b13-7+. The number of hydrogen-bond acceptors (Lipinski definition) is 5. The average Bonchev–Trinajstić information content (AvgIpc) is 2.69. The zero-order valence-electron chi connectivity index (χ0n) is 16.9. The van der Waals surface area contributed by atoms with Crippen molar-refractivity contribution in [3.05, 3.63) is 47.7 Å². The van der Waals surface area contributed by atoms with E-state index in [4.69, 9.17) is 10.1 Å². The highest BCUT2D eigenvalue weighted by molar-refractivity contribution is 5.81. The Morgan fingerprint density at radius 1 is 1.17 bits per heavy atom. The van der Waals surface area contributed by atoms with E-state index in [2.05, 4.69) is 6.92 Å². The summed E-state index contributed by atoms with van der Waals surface area (Å²) in [6, 6.07) is 9.80. The largest absolute Gasteiger partial charge is 0.477 e. The van der Waals surface area contributed by atoms with Gasteiger partial charge in [-0.25, -0.2) is 9.78 Å². The number of aliphatic hydroxyl groups excluding tert-OH is 1. The predicted molar refractivity (Wildman–Crippen MR) is 113 cm³/mol. The number of benzene rings is 1. The number of para-hydroxylation sites is 1. The van der Waals surface area contributed by atoms with E-state index >= 15 is 0 Å². The number of nitrogens with zero attached hydrogens (tertiary/aromatic N) is 1. The Morgan fingerprint density at radius 2 is 1.93 bits per heavy atom. The van der Waals surface area contributed by atoms with Gasteiger partial charge in [0.1, 0.15) is 0 Å². The van der Waals surface area contributed by atoms with Crippen LogP contribution in [-0.2, 0) is 4.79 Å². The quantitative estimate of drug-likeness (QED) is 0.313. The van der Waals surface area contributed by atoms with E-state index in [1.54, 1.807) is 0 Å². The first-order valence-corrected chi connectivity index (χ1v) is 10.3. The summed E-state index contributed by atoms with van der Waals surface area (Å²) < 4.78 is 0. The average molecular weight is 402 g/mol. The van der Waals surface area contributed by atoms with E-state index in [1.165, 1.54) is 0 Å². The molecule has 1 aromatic carbocycles. The van der Waals surface area contributed by atoms with Crippen LogP contribution >= 0.6 is 0 Å². The number of allylic oxidation sites excluding steroid dienone is 1. The normalized spacial score (nSPS) is 13.2. The Labute approximate surface area is 171 Å². The number of carbonyl (C=O) groups is 1. The van der Waals surface area contributed by atoms with Crippen molar-refractivity contribution in [1.29, 1.82) is 0 Å². The molecule has 0 spiro atoms. The molecule has 0 radical (unpaired) electrons. The van der Waals surface area contributed by atoms with Crippen LogP contribution in [0.5, 0.6) is 0 Å². The number of pyridine rings is 1. The molecule has 6 heteroatoms. The molecule has 0 aliphatic rings. The van der Waals surface area contributed by atoms with E-state index in [1.807, 2.05) is 42.5 Å². The van der Waals surface area contributed by atoms with Crippen LogP contribution in [0.3, 0.4) is 0 Å². The molecule has 0 saturated carbocycles. The molecule has 1 unspecified atom stereocenters. The smallest absolute Gasteiger partial charge is 0.364 e. The van der Waals surface area contributed by atoms with Crippen LogP contribution in [0.1, 0.15) is 75.7 Å². The molecule has 2 aromatic rings. The summed E-state index contributed by atoms with van der Waals surface area (Å²) >= 11 is 0. The fourth-order valence-electron chi connectivity index (χ4n) is 3.23. The number of hydrogen-bond donors (Lipinski definition) is 4. The third-order valence-electron chi connectivity index (χ3n) is 4.99. The number of aliphatic hydroxyl groups is 3. The first-order chi connectivity index (χ1) is 13.8. The van der Waals surface area contributed by atoms with Crippen molar-refractivity contribution in [3.63, 3.8) is 0 Å². The van der Waals surface area contributed by atoms with Gasteiger partial charge < -0.3 is 20.4 Å². The summed E-state index contributed by atoms with van der Waals surface area (Å²) in [4.78, 5) is 15.4. The number of carboxylic acid groups (broad SMARTS) is 1. The maximum Gasteiger partial charge on any atom is 0.364 e. The van der Waals surface area contributed by atoms with Crippen molar-refractivity contribution in [1.82, 2.24) is 4.98 Å². The topological polar surface area (TPSA) is 111 Å². The molecule has 0 saturated heterocycles. The predicted octanol–water partition coefficient (Wildman–Crippen LogP) is 4.19. The van der Waals surface area contributed by atoms with Gasteiger partial charge in [0.25, 0.3) is 5.79 Å². The Bertz CT molecular complexity index is 831. The van der Waals surface area contributed by atoms with Gasteiger partial charge in [-0.3, -0.25) is 0 Å². The van der Waals surface area contributed by atoms with Crippen LogP contribution in [0.2, 0.25) is 0 Å². The molecule has 0 aliphatic heterocycles. The Hall–Kier alpha value is -2.28. The molecule has 0 fully saturated rings. The lowest BCUT2D eigenvalue weighted by molar-refractivity contribution is -0.205. The van der Waals surface area contributed by atoms with Gasteiger partial charge in [0, 0.05) is 17.4 Å². The Morgan fingerprint density at radius 3 is 2.66 bits per heavy atom. The Balaban J connectivity index is 2.06. The lowest BCUT2D eigenvalue weighted by Gasteiger charge is -2.15. The fourth-order valence-corrected chi connectivity index (χ4v) is 3.23. The van der Waals surface area contributed by atoms with Gasteiger partial charge in [-0.15, -0.1) is 0 Å². The molecule has 1 aromatic heterocycles. The van der Waals surface area contributed by atoms with Crippen molar-refractivity contribution in [2.24, 2.45) is 0 Å². The minimum atomic E-state index is -2.67. The van der Waals surface area contributed by atoms with Crippen LogP contribution in [0.25, 0.3) is 17.0 Å². The summed E-state index contributed by atoms with van der Waals surface area (Å²) in [7, 11) is 0. The summed E-state index contributed by atoms with van der Waals surface area (Å²) in [6.45, 7) is 2.13. The van der Waals surface area contributed by atoms with Crippen molar-refractivity contribution < 1.29 is 25.2 Å². The molecule has 0 bridgehead atoms. The van der Waals surface area contributed by atoms with Gasteiger partial charge in [0.2, 0.25) is 0 Å². The van der Waals surface area contributed by atoms with Gasteiger partial charge in [0.15, 0.2) is 0 Å². The number of aromatic nitrogens is 1. The molecular formula is C23H31NO5. The van der Waals surface area contributed by atoms with Crippen LogP contribution in [0.15, 0.2) is 36.4 Å². The van der Waals surface area contributed by atoms with Gasteiger partial charge in [0.05, 0.1) is 17.3 Å². The first kappa shape index (κ1) is 23.0.